The first-order valence-electron chi connectivity index (χ1n) is 8.41. The zero-order chi connectivity index (χ0) is 19.6. The van der Waals surface area contributed by atoms with Crippen LogP contribution in [0, 0.1) is 0 Å². The molecule has 27 heavy (non-hydrogen) atoms. The molecule has 2 atom stereocenters. The molecule has 1 fully saturated rings. The Morgan fingerprint density at radius 3 is 2.63 bits per heavy atom. The number of carbonyl (C=O) groups excluding carboxylic acids is 1. The molecule has 8 nitrogen and oxygen atoms in total. The van der Waals surface area contributed by atoms with Crippen LogP contribution >= 0.6 is 11.8 Å². The average molecular weight is 412 g/mol. The lowest BCUT2D eigenvalue weighted by Crippen LogP contribution is -2.41. The second-order valence-electron chi connectivity index (χ2n) is 6.37. The molecule has 0 aliphatic carbocycles. The molecule has 10 heteroatoms. The van der Waals surface area contributed by atoms with Gasteiger partial charge in [-0.15, -0.1) is 10.2 Å². The van der Waals surface area contributed by atoms with E-state index in [9.17, 15) is 13.2 Å². The minimum atomic E-state index is -3.04. The molecule has 1 aromatic heterocycles. The Kier molecular flexibility index (Phi) is 5.75. The second kappa shape index (κ2) is 7.89. The number of rotatable bonds is 6. The number of ether oxygens (including phenoxy) is 1. The maximum atomic E-state index is 12.6. The van der Waals surface area contributed by atoms with Gasteiger partial charge in [0.15, 0.2) is 9.84 Å². The smallest absolute Gasteiger partial charge is 0.277 e. The second-order valence-corrected chi connectivity index (χ2v) is 9.89. The number of methoxy groups -OCH3 is 1. The van der Waals surface area contributed by atoms with Crippen molar-refractivity contribution in [3.05, 3.63) is 24.3 Å². The maximum Gasteiger partial charge on any atom is 0.277 e. The topological polar surface area (TPSA) is 103 Å². The predicted molar refractivity (Wildman–Crippen MR) is 101 cm³/mol. The maximum absolute atomic E-state index is 12.6. The van der Waals surface area contributed by atoms with Gasteiger partial charge in [0.25, 0.3) is 5.22 Å². The van der Waals surface area contributed by atoms with Gasteiger partial charge in [-0.1, -0.05) is 11.8 Å². The lowest BCUT2D eigenvalue weighted by atomic mass is 10.2. The van der Waals surface area contributed by atoms with E-state index in [1.54, 1.807) is 33.2 Å². The number of carbonyl (C=O) groups is 1. The van der Waals surface area contributed by atoms with Crippen LogP contribution in [0.2, 0.25) is 0 Å². The van der Waals surface area contributed by atoms with E-state index >= 15 is 0 Å². The van der Waals surface area contributed by atoms with Crippen molar-refractivity contribution < 1.29 is 22.4 Å². The van der Waals surface area contributed by atoms with Crippen LogP contribution in [0.1, 0.15) is 13.3 Å². The summed E-state index contributed by atoms with van der Waals surface area (Å²) in [6, 6.07) is 6.93. The summed E-state index contributed by atoms with van der Waals surface area (Å²) >= 11 is 1.16. The van der Waals surface area contributed by atoms with Crippen LogP contribution in [-0.4, -0.2) is 66.4 Å². The van der Waals surface area contributed by atoms with E-state index < -0.39 is 15.1 Å². The van der Waals surface area contributed by atoms with Crippen molar-refractivity contribution in [2.75, 3.05) is 25.7 Å². The largest absolute Gasteiger partial charge is 0.497 e. The molecule has 2 heterocycles. The van der Waals surface area contributed by atoms with Crippen molar-refractivity contribution in [3.63, 3.8) is 0 Å². The van der Waals surface area contributed by atoms with Crippen molar-refractivity contribution in [2.45, 2.75) is 29.9 Å². The van der Waals surface area contributed by atoms with Crippen molar-refractivity contribution in [1.29, 1.82) is 0 Å². The van der Waals surface area contributed by atoms with Crippen LogP contribution in [0.5, 0.6) is 5.75 Å². The van der Waals surface area contributed by atoms with Gasteiger partial charge in [-0.3, -0.25) is 4.79 Å². The highest BCUT2D eigenvalue weighted by Crippen LogP contribution is 2.28. The van der Waals surface area contributed by atoms with Gasteiger partial charge < -0.3 is 14.1 Å². The summed E-state index contributed by atoms with van der Waals surface area (Å²) in [5, 5.41) is 7.82. The lowest BCUT2D eigenvalue weighted by molar-refractivity contribution is -0.130. The summed E-state index contributed by atoms with van der Waals surface area (Å²) in [5.41, 5.74) is 0.752. The highest BCUT2D eigenvalue weighted by atomic mass is 32.2. The van der Waals surface area contributed by atoms with Crippen LogP contribution in [-0.2, 0) is 14.6 Å². The monoisotopic (exact) mass is 411 g/mol. The fourth-order valence-corrected chi connectivity index (χ4v) is 5.42. The lowest BCUT2D eigenvalue weighted by Gasteiger charge is -2.25. The van der Waals surface area contributed by atoms with Gasteiger partial charge in [-0.05, 0) is 37.6 Å². The summed E-state index contributed by atoms with van der Waals surface area (Å²) in [4.78, 5) is 14.1. The predicted octanol–water partition coefficient (Wildman–Crippen LogP) is 1.87. The molecule has 0 radical (unpaired) electrons. The number of amides is 1. The molecular weight excluding hydrogens is 390 g/mol. The van der Waals surface area contributed by atoms with Gasteiger partial charge >= 0.3 is 0 Å². The number of sulfone groups is 1. The molecule has 1 aliphatic rings. The molecule has 0 saturated carbocycles. The summed E-state index contributed by atoms with van der Waals surface area (Å²) in [6.45, 7) is 1.74. The van der Waals surface area contributed by atoms with Crippen LogP contribution < -0.4 is 4.74 Å². The first-order valence-corrected chi connectivity index (χ1v) is 11.1. The molecule has 1 aromatic carbocycles. The molecule has 1 saturated heterocycles. The molecule has 1 amide bonds. The molecule has 0 bridgehead atoms. The van der Waals surface area contributed by atoms with E-state index in [-0.39, 0.29) is 28.7 Å². The number of benzene rings is 1. The normalized spacial score (nSPS) is 19.6. The van der Waals surface area contributed by atoms with E-state index in [4.69, 9.17) is 9.15 Å². The molecular formula is C17H21N3O5S2. The number of thioether (sulfide) groups is 1. The summed E-state index contributed by atoms with van der Waals surface area (Å²) in [7, 11) is 0.189. The number of hydrogen-bond acceptors (Lipinski definition) is 8. The molecule has 3 rings (SSSR count). The standard InChI is InChI=1S/C17H21N3O5S2/c1-11(16(21)20(2)13-8-9-27(22,23)10-13)26-17-19-18-15(25-17)12-4-6-14(24-3)7-5-12/h4-7,11,13H,8-10H2,1-3H3/t11-,13+/m0/s1. The molecule has 0 N–H and O–H groups in total. The number of aromatic nitrogens is 2. The van der Waals surface area contributed by atoms with Gasteiger partial charge in [-0.25, -0.2) is 8.42 Å². The van der Waals surface area contributed by atoms with Gasteiger partial charge in [-0.2, -0.15) is 0 Å². The number of nitrogens with zero attached hydrogens (tertiary/aromatic N) is 3. The summed E-state index contributed by atoms with van der Waals surface area (Å²) in [6.07, 6.45) is 0.476. The van der Waals surface area contributed by atoms with Crippen LogP contribution in [0.3, 0.4) is 0 Å². The van der Waals surface area contributed by atoms with Gasteiger partial charge in [0, 0.05) is 18.7 Å². The van der Waals surface area contributed by atoms with Crippen LogP contribution in [0.15, 0.2) is 33.9 Å². The van der Waals surface area contributed by atoms with Gasteiger partial charge in [0.05, 0.1) is 23.9 Å². The van der Waals surface area contributed by atoms with Crippen molar-refractivity contribution in [3.8, 4) is 17.2 Å². The van der Waals surface area contributed by atoms with Crippen LogP contribution in [0.4, 0.5) is 0 Å². The minimum absolute atomic E-state index is 0.0226. The first kappa shape index (κ1) is 19.7. The molecule has 0 spiro atoms. The van der Waals surface area contributed by atoms with E-state index in [0.29, 0.717) is 12.3 Å². The van der Waals surface area contributed by atoms with E-state index in [1.807, 2.05) is 12.1 Å². The Balaban J connectivity index is 1.63. The highest BCUT2D eigenvalue weighted by Gasteiger charge is 2.34. The quantitative estimate of drug-likeness (QED) is 0.664. The van der Waals surface area contributed by atoms with Gasteiger partial charge in [0.1, 0.15) is 5.75 Å². The Labute approximate surface area is 162 Å². The van der Waals surface area contributed by atoms with E-state index in [1.165, 1.54) is 4.90 Å². The molecule has 146 valence electrons. The third-order valence-electron chi connectivity index (χ3n) is 4.47. The van der Waals surface area contributed by atoms with Crippen LogP contribution in [0.25, 0.3) is 11.5 Å². The Bertz CT molecular complexity index is 911. The Hall–Kier alpha value is -2.07. The van der Waals surface area contributed by atoms with E-state index in [0.717, 1.165) is 23.1 Å². The van der Waals surface area contributed by atoms with Crippen molar-refractivity contribution in [1.82, 2.24) is 15.1 Å². The zero-order valence-electron chi connectivity index (χ0n) is 15.3. The number of hydrogen-bond donors (Lipinski definition) is 0. The fourth-order valence-electron chi connectivity index (χ4n) is 2.86. The first-order chi connectivity index (χ1) is 12.8. The third-order valence-corrected chi connectivity index (χ3v) is 7.14. The third kappa shape index (κ3) is 4.62. The van der Waals surface area contributed by atoms with Crippen molar-refractivity contribution >= 4 is 27.5 Å². The van der Waals surface area contributed by atoms with E-state index in [2.05, 4.69) is 10.2 Å². The molecule has 2 aromatic rings. The van der Waals surface area contributed by atoms with Gasteiger partial charge in [0.2, 0.25) is 11.8 Å². The highest BCUT2D eigenvalue weighted by molar-refractivity contribution is 8.00. The zero-order valence-corrected chi connectivity index (χ0v) is 16.9. The summed E-state index contributed by atoms with van der Waals surface area (Å²) < 4.78 is 34.0. The SMILES string of the molecule is COc1ccc(-c2nnc(S[C@@H](C)C(=O)N(C)[C@@H]3CCS(=O)(=O)C3)o2)cc1. The average Bonchev–Trinajstić information content (AvgIpc) is 3.26. The minimum Gasteiger partial charge on any atom is -0.497 e. The Morgan fingerprint density at radius 2 is 2.04 bits per heavy atom. The molecule has 0 unspecified atom stereocenters. The molecule has 1 aliphatic heterocycles. The fraction of sp³-hybridized carbons (Fsp3) is 0.471. The Morgan fingerprint density at radius 1 is 1.33 bits per heavy atom. The summed E-state index contributed by atoms with van der Waals surface area (Å²) in [5.74, 6) is 1.07. The van der Waals surface area contributed by atoms with Crippen molar-refractivity contribution in [2.24, 2.45) is 0 Å².